The maximum atomic E-state index is 12.0. The van der Waals surface area contributed by atoms with E-state index in [4.69, 9.17) is 0 Å². The lowest BCUT2D eigenvalue weighted by Gasteiger charge is -2.07. The van der Waals surface area contributed by atoms with Gasteiger partial charge < -0.3 is 9.67 Å². The molecule has 0 saturated heterocycles. The Bertz CT molecular complexity index is 1350. The second kappa shape index (κ2) is 9.54. The molecule has 2 aromatic carbocycles. The van der Waals surface area contributed by atoms with Gasteiger partial charge in [0.15, 0.2) is 0 Å². The third-order valence-corrected chi connectivity index (χ3v) is 5.87. The van der Waals surface area contributed by atoms with Crippen molar-refractivity contribution in [3.05, 3.63) is 82.1 Å². The molecule has 0 aliphatic carbocycles. The minimum Gasteiger partial charge on any atom is -0.477 e. The smallest absolute Gasteiger partial charge is 0.342 e. The number of nitrogens with zero attached hydrogens (tertiary/aromatic N) is 4. The summed E-state index contributed by atoms with van der Waals surface area (Å²) < 4.78 is 2.04. The molecule has 0 radical (unpaired) electrons. The number of benzene rings is 2. The Labute approximate surface area is 189 Å². The summed E-state index contributed by atoms with van der Waals surface area (Å²) in [4.78, 5) is 16.5. The lowest BCUT2D eigenvalue weighted by atomic mass is 10.1. The van der Waals surface area contributed by atoms with E-state index in [1.807, 2.05) is 60.2 Å². The molecule has 4 rings (SSSR count). The number of rotatable bonds is 8. The number of aryl methyl sites for hydroxylation is 1. The van der Waals surface area contributed by atoms with E-state index in [0.29, 0.717) is 17.3 Å². The molecular formula is C24H21N5O2S. The van der Waals surface area contributed by atoms with Crippen LogP contribution in [0, 0.1) is 11.3 Å². The SMILES string of the molecule is CCCc1nc(S/C(=C\c2cn(Cc3ccccc3C#N)c3ccccc23)C(=O)O)n[nH]1. The van der Waals surface area contributed by atoms with Gasteiger partial charge in [0.2, 0.25) is 5.16 Å². The molecule has 0 aliphatic heterocycles. The molecular weight excluding hydrogens is 422 g/mol. The third kappa shape index (κ3) is 4.58. The standard InChI is InChI=1S/C24H21N5O2S/c1-2-7-22-26-24(28-27-22)32-21(23(30)31)12-18-15-29(20-11-6-5-10-19(18)20)14-17-9-4-3-8-16(17)13-25/h3-6,8-12,15H,2,7,14H2,1H3,(H,30,31)(H,26,27,28)/b21-12-. The second-order valence-corrected chi connectivity index (χ2v) is 8.24. The number of fused-ring (bicyclic) bond motifs is 1. The van der Waals surface area contributed by atoms with Crippen molar-refractivity contribution in [1.82, 2.24) is 19.7 Å². The topological polar surface area (TPSA) is 108 Å². The van der Waals surface area contributed by atoms with E-state index in [1.165, 1.54) is 0 Å². The predicted molar refractivity (Wildman–Crippen MR) is 124 cm³/mol. The summed E-state index contributed by atoms with van der Waals surface area (Å²) in [5.41, 5.74) is 3.27. The number of carbonyl (C=O) groups is 1. The van der Waals surface area contributed by atoms with Gasteiger partial charge in [-0.05, 0) is 42.0 Å². The van der Waals surface area contributed by atoms with Crippen molar-refractivity contribution in [1.29, 1.82) is 5.26 Å². The predicted octanol–water partition coefficient (Wildman–Crippen LogP) is 4.85. The van der Waals surface area contributed by atoms with Gasteiger partial charge >= 0.3 is 5.97 Å². The number of carboxylic acid groups (broad SMARTS) is 1. The van der Waals surface area contributed by atoms with Gasteiger partial charge in [0, 0.05) is 35.6 Å². The molecule has 160 valence electrons. The number of H-pyrrole nitrogens is 1. The lowest BCUT2D eigenvalue weighted by molar-refractivity contribution is -0.131. The maximum Gasteiger partial charge on any atom is 0.342 e. The van der Waals surface area contributed by atoms with Crippen LogP contribution < -0.4 is 0 Å². The van der Waals surface area contributed by atoms with E-state index in [9.17, 15) is 15.2 Å². The van der Waals surface area contributed by atoms with Gasteiger partial charge in [-0.25, -0.2) is 9.78 Å². The van der Waals surface area contributed by atoms with Crippen LogP contribution >= 0.6 is 11.8 Å². The number of aromatic nitrogens is 4. The van der Waals surface area contributed by atoms with Crippen LogP contribution in [0.25, 0.3) is 17.0 Å². The van der Waals surface area contributed by atoms with E-state index in [2.05, 4.69) is 21.3 Å². The summed E-state index contributed by atoms with van der Waals surface area (Å²) in [6.07, 6.45) is 5.26. The van der Waals surface area contributed by atoms with E-state index in [-0.39, 0.29) is 4.91 Å². The molecule has 8 heteroatoms. The molecule has 4 aromatic rings. The fourth-order valence-corrected chi connectivity index (χ4v) is 4.24. The van der Waals surface area contributed by atoms with Crippen molar-refractivity contribution in [2.24, 2.45) is 0 Å². The first kappa shape index (κ1) is 21.4. The number of aliphatic carboxylic acids is 1. The molecule has 0 bridgehead atoms. The van der Waals surface area contributed by atoms with Crippen LogP contribution in [0.5, 0.6) is 0 Å². The average molecular weight is 444 g/mol. The van der Waals surface area contributed by atoms with Crippen LogP contribution in [-0.2, 0) is 17.8 Å². The Morgan fingerprint density at radius 1 is 1.25 bits per heavy atom. The Hall–Kier alpha value is -3.83. The van der Waals surface area contributed by atoms with Crippen molar-refractivity contribution in [2.45, 2.75) is 31.5 Å². The summed E-state index contributed by atoms with van der Waals surface area (Å²) in [6.45, 7) is 2.55. The molecule has 2 aromatic heterocycles. The first-order valence-corrected chi connectivity index (χ1v) is 11.0. The van der Waals surface area contributed by atoms with Crippen LogP contribution in [0.4, 0.5) is 0 Å². The van der Waals surface area contributed by atoms with Crippen molar-refractivity contribution in [2.75, 3.05) is 0 Å². The number of hydrogen-bond acceptors (Lipinski definition) is 5. The molecule has 0 fully saturated rings. The molecule has 0 amide bonds. The van der Waals surface area contributed by atoms with Gasteiger partial charge in [-0.1, -0.05) is 43.3 Å². The molecule has 2 N–H and O–H groups in total. The monoisotopic (exact) mass is 443 g/mol. The number of hydrogen-bond donors (Lipinski definition) is 2. The van der Waals surface area contributed by atoms with Crippen LogP contribution in [-0.4, -0.2) is 30.8 Å². The first-order chi connectivity index (χ1) is 15.6. The highest BCUT2D eigenvalue weighted by Crippen LogP contribution is 2.30. The highest BCUT2D eigenvalue weighted by atomic mass is 32.2. The third-order valence-electron chi connectivity index (χ3n) is 4.99. The minimum atomic E-state index is -1.04. The van der Waals surface area contributed by atoms with Crippen molar-refractivity contribution >= 4 is 34.7 Å². The van der Waals surface area contributed by atoms with E-state index < -0.39 is 5.97 Å². The van der Waals surface area contributed by atoms with Crippen LogP contribution in [0.3, 0.4) is 0 Å². The number of para-hydroxylation sites is 1. The molecule has 7 nitrogen and oxygen atoms in total. The molecule has 32 heavy (non-hydrogen) atoms. The van der Waals surface area contributed by atoms with Gasteiger partial charge in [-0.3, -0.25) is 5.10 Å². The van der Waals surface area contributed by atoms with Crippen molar-refractivity contribution in [3.63, 3.8) is 0 Å². The van der Waals surface area contributed by atoms with Gasteiger partial charge in [-0.15, -0.1) is 5.10 Å². The highest BCUT2D eigenvalue weighted by molar-refractivity contribution is 8.04. The highest BCUT2D eigenvalue weighted by Gasteiger charge is 2.16. The summed E-state index contributed by atoms with van der Waals surface area (Å²) in [5, 5.41) is 27.5. The fraction of sp³-hybridized carbons (Fsp3) is 0.167. The van der Waals surface area contributed by atoms with Crippen LogP contribution in [0.15, 0.2) is 64.8 Å². The minimum absolute atomic E-state index is 0.132. The normalized spacial score (nSPS) is 11.6. The summed E-state index contributed by atoms with van der Waals surface area (Å²) in [5.74, 6) is -0.295. The van der Waals surface area contributed by atoms with Gasteiger partial charge in [0.05, 0.1) is 11.6 Å². The number of carboxylic acids is 1. The zero-order valence-corrected chi connectivity index (χ0v) is 18.3. The first-order valence-electron chi connectivity index (χ1n) is 10.2. The molecule has 0 aliphatic rings. The van der Waals surface area contributed by atoms with Crippen molar-refractivity contribution < 1.29 is 9.90 Å². The lowest BCUT2D eigenvalue weighted by Crippen LogP contribution is -2.00. The van der Waals surface area contributed by atoms with E-state index in [1.54, 1.807) is 12.1 Å². The Kier molecular flexibility index (Phi) is 6.38. The summed E-state index contributed by atoms with van der Waals surface area (Å²) >= 11 is 1.02. The number of nitrogens with one attached hydrogen (secondary N) is 1. The fourth-order valence-electron chi connectivity index (χ4n) is 3.52. The van der Waals surface area contributed by atoms with Gasteiger partial charge in [-0.2, -0.15) is 5.26 Å². The average Bonchev–Trinajstić information content (AvgIpc) is 3.38. The van der Waals surface area contributed by atoms with Crippen molar-refractivity contribution in [3.8, 4) is 6.07 Å². The van der Waals surface area contributed by atoms with Gasteiger partial charge in [0.25, 0.3) is 0 Å². The molecule has 0 atom stereocenters. The van der Waals surface area contributed by atoms with Crippen LogP contribution in [0.1, 0.15) is 35.9 Å². The number of nitriles is 1. The Morgan fingerprint density at radius 2 is 2.03 bits per heavy atom. The summed E-state index contributed by atoms with van der Waals surface area (Å²) in [6, 6.07) is 17.5. The summed E-state index contributed by atoms with van der Waals surface area (Å²) in [7, 11) is 0. The second-order valence-electron chi connectivity index (χ2n) is 7.23. The Morgan fingerprint density at radius 3 is 2.81 bits per heavy atom. The van der Waals surface area contributed by atoms with E-state index in [0.717, 1.165) is 52.5 Å². The van der Waals surface area contributed by atoms with Gasteiger partial charge in [0.1, 0.15) is 10.7 Å². The zero-order valence-electron chi connectivity index (χ0n) is 17.4. The largest absolute Gasteiger partial charge is 0.477 e. The van der Waals surface area contributed by atoms with Crippen LogP contribution in [0.2, 0.25) is 0 Å². The maximum absolute atomic E-state index is 12.0. The Balaban J connectivity index is 1.71. The quantitative estimate of drug-likeness (QED) is 0.298. The molecule has 2 heterocycles. The molecule has 0 saturated carbocycles. The zero-order chi connectivity index (χ0) is 22.5. The molecule has 0 unspecified atom stereocenters. The molecule has 0 spiro atoms. The number of thioether (sulfide) groups is 1. The van der Waals surface area contributed by atoms with E-state index >= 15 is 0 Å². The number of aromatic amines is 1.